The van der Waals surface area contributed by atoms with Gasteiger partial charge >= 0.3 is 6.18 Å². The van der Waals surface area contributed by atoms with Crippen molar-refractivity contribution in [2.45, 2.75) is 57.3 Å². The van der Waals surface area contributed by atoms with Crippen LogP contribution in [0.15, 0.2) is 60.8 Å². The zero-order chi connectivity index (χ0) is 24.5. The Kier molecular flexibility index (Phi) is 6.43. The molecule has 0 aliphatic carbocycles. The number of anilines is 1. The second-order valence-corrected chi connectivity index (χ2v) is 9.70. The lowest BCUT2D eigenvalue weighted by Crippen LogP contribution is -2.36. The number of nitrogens with one attached hydrogen (secondary N) is 2. The lowest BCUT2D eigenvalue weighted by atomic mass is 9.86. The van der Waals surface area contributed by atoms with Crippen LogP contribution in [0.25, 0.3) is 0 Å². The summed E-state index contributed by atoms with van der Waals surface area (Å²) in [4.78, 5) is 12.9. The molecule has 3 aromatic rings. The molecule has 0 fully saturated rings. The van der Waals surface area contributed by atoms with Crippen LogP contribution in [-0.4, -0.2) is 28.4 Å². The Morgan fingerprint density at radius 1 is 1.09 bits per heavy atom. The first-order chi connectivity index (χ1) is 16.0. The van der Waals surface area contributed by atoms with Gasteiger partial charge in [0.2, 0.25) is 0 Å². The summed E-state index contributed by atoms with van der Waals surface area (Å²) in [6.07, 6.45) is -2.86. The van der Waals surface area contributed by atoms with Gasteiger partial charge in [-0.2, -0.15) is 18.3 Å². The van der Waals surface area contributed by atoms with Gasteiger partial charge in [0.25, 0.3) is 5.91 Å². The Balaban J connectivity index is 1.48. The molecule has 0 spiro atoms. The molecule has 2 atom stereocenters. The molecule has 0 bridgehead atoms. The van der Waals surface area contributed by atoms with Crippen molar-refractivity contribution in [1.29, 1.82) is 0 Å². The van der Waals surface area contributed by atoms with E-state index in [1.165, 1.54) is 11.8 Å². The van der Waals surface area contributed by atoms with E-state index in [1.807, 2.05) is 18.2 Å². The first kappa shape index (κ1) is 23.9. The van der Waals surface area contributed by atoms with Gasteiger partial charge in [-0.1, -0.05) is 75.4 Å². The van der Waals surface area contributed by atoms with Crippen molar-refractivity contribution in [3.63, 3.8) is 0 Å². The first-order valence-electron chi connectivity index (χ1n) is 11.4. The van der Waals surface area contributed by atoms with E-state index < -0.39 is 24.2 Å². The zero-order valence-corrected chi connectivity index (χ0v) is 19.5. The van der Waals surface area contributed by atoms with E-state index in [9.17, 15) is 18.0 Å². The Bertz CT molecular complexity index is 1130. The summed E-state index contributed by atoms with van der Waals surface area (Å²) in [6.45, 7) is 6.81. The van der Waals surface area contributed by atoms with Gasteiger partial charge in [0.15, 0.2) is 6.04 Å². The third-order valence-corrected chi connectivity index (χ3v) is 6.20. The van der Waals surface area contributed by atoms with E-state index in [0.29, 0.717) is 13.0 Å². The molecule has 0 saturated heterocycles. The van der Waals surface area contributed by atoms with E-state index in [-0.39, 0.29) is 23.2 Å². The average Bonchev–Trinajstić information content (AvgIpc) is 3.22. The van der Waals surface area contributed by atoms with E-state index in [2.05, 4.69) is 48.6 Å². The summed E-state index contributed by atoms with van der Waals surface area (Å²) in [7, 11) is 0. The van der Waals surface area contributed by atoms with Crippen LogP contribution >= 0.6 is 0 Å². The SMILES string of the molecule is CC(C)(C)c1ccc(CCNC(=O)c2cnn3c2NC(c2ccccc2)C[C@@H]3C(F)(F)F)cc1. The van der Waals surface area contributed by atoms with Gasteiger partial charge in [-0.3, -0.25) is 4.79 Å². The molecule has 34 heavy (non-hydrogen) atoms. The highest BCUT2D eigenvalue weighted by molar-refractivity contribution is 5.98. The quantitative estimate of drug-likeness (QED) is 0.495. The molecular formula is C26H29F3N4O. The number of hydrogen-bond acceptors (Lipinski definition) is 3. The van der Waals surface area contributed by atoms with Crippen LogP contribution < -0.4 is 10.6 Å². The predicted molar refractivity (Wildman–Crippen MR) is 126 cm³/mol. The number of amides is 1. The third kappa shape index (κ3) is 5.11. The average molecular weight is 471 g/mol. The Hall–Kier alpha value is -3.29. The van der Waals surface area contributed by atoms with Crippen LogP contribution in [0.5, 0.6) is 0 Å². The fourth-order valence-electron chi connectivity index (χ4n) is 4.22. The molecule has 2 heterocycles. The number of hydrogen-bond donors (Lipinski definition) is 2. The fraction of sp³-hybridized carbons (Fsp3) is 0.385. The van der Waals surface area contributed by atoms with Crippen molar-refractivity contribution in [2.24, 2.45) is 0 Å². The predicted octanol–water partition coefficient (Wildman–Crippen LogP) is 5.81. The molecular weight excluding hydrogens is 441 g/mol. The number of aromatic nitrogens is 2. The van der Waals surface area contributed by atoms with Crippen LogP contribution in [0, 0.1) is 0 Å². The zero-order valence-electron chi connectivity index (χ0n) is 19.5. The molecule has 1 unspecified atom stereocenters. The number of nitrogens with zero attached hydrogens (tertiary/aromatic N) is 2. The second-order valence-electron chi connectivity index (χ2n) is 9.70. The van der Waals surface area contributed by atoms with Crippen LogP contribution in [0.1, 0.15) is 66.3 Å². The lowest BCUT2D eigenvalue weighted by Gasteiger charge is -2.34. The van der Waals surface area contributed by atoms with Gasteiger partial charge in [-0.05, 0) is 28.5 Å². The van der Waals surface area contributed by atoms with E-state index in [4.69, 9.17) is 0 Å². The summed E-state index contributed by atoms with van der Waals surface area (Å²) < 4.78 is 42.4. The molecule has 0 radical (unpaired) electrons. The van der Waals surface area contributed by atoms with Crippen LogP contribution in [0.3, 0.4) is 0 Å². The number of alkyl halides is 3. The first-order valence-corrected chi connectivity index (χ1v) is 11.4. The standard InChI is InChI=1S/C26H29F3N4O/c1-25(2,3)19-11-9-17(10-12-19)13-14-30-24(34)20-16-31-33-22(26(27,28)29)15-21(32-23(20)33)18-7-5-4-6-8-18/h4-12,16,21-22,32H,13-15H2,1-3H3,(H,30,34)/t21?,22-/m1/s1. The van der Waals surface area contributed by atoms with Crippen molar-refractivity contribution < 1.29 is 18.0 Å². The van der Waals surface area contributed by atoms with E-state index in [0.717, 1.165) is 15.8 Å². The highest BCUT2D eigenvalue weighted by atomic mass is 19.4. The van der Waals surface area contributed by atoms with Crippen molar-refractivity contribution >= 4 is 11.7 Å². The molecule has 5 nitrogen and oxygen atoms in total. The summed E-state index contributed by atoms with van der Waals surface area (Å²) >= 11 is 0. The minimum absolute atomic E-state index is 0.0627. The minimum Gasteiger partial charge on any atom is -0.363 e. The molecule has 0 saturated carbocycles. The number of fused-ring (bicyclic) bond motifs is 1. The molecule has 180 valence electrons. The normalized spacial score (nSPS) is 18.2. The largest absolute Gasteiger partial charge is 0.410 e. The van der Waals surface area contributed by atoms with Crippen molar-refractivity contribution in [3.05, 3.63) is 83.0 Å². The molecule has 8 heteroatoms. The molecule has 2 N–H and O–H groups in total. The number of rotatable bonds is 5. The van der Waals surface area contributed by atoms with E-state index in [1.54, 1.807) is 24.3 Å². The Morgan fingerprint density at radius 3 is 2.38 bits per heavy atom. The van der Waals surface area contributed by atoms with Gasteiger partial charge in [-0.25, -0.2) is 4.68 Å². The van der Waals surface area contributed by atoms with Crippen molar-refractivity contribution in [3.8, 4) is 0 Å². The van der Waals surface area contributed by atoms with Gasteiger partial charge in [0, 0.05) is 13.0 Å². The van der Waals surface area contributed by atoms with Crippen LogP contribution in [-0.2, 0) is 11.8 Å². The number of benzene rings is 2. The van der Waals surface area contributed by atoms with Crippen molar-refractivity contribution in [2.75, 3.05) is 11.9 Å². The van der Waals surface area contributed by atoms with E-state index >= 15 is 0 Å². The summed E-state index contributed by atoms with van der Waals surface area (Å²) in [6, 6.07) is 14.8. The van der Waals surface area contributed by atoms with Crippen molar-refractivity contribution in [1.82, 2.24) is 15.1 Å². The Labute approximate surface area is 197 Å². The molecule has 1 amide bonds. The van der Waals surface area contributed by atoms with Gasteiger partial charge in [0.1, 0.15) is 11.4 Å². The molecule has 2 aromatic carbocycles. The summed E-state index contributed by atoms with van der Waals surface area (Å²) in [5, 5.41) is 9.86. The van der Waals surface area contributed by atoms with Gasteiger partial charge in [-0.15, -0.1) is 0 Å². The maximum atomic E-state index is 13.8. The number of carbonyl (C=O) groups is 1. The smallest absolute Gasteiger partial charge is 0.363 e. The number of halogens is 3. The molecule has 1 aromatic heterocycles. The number of carbonyl (C=O) groups excluding carboxylic acids is 1. The third-order valence-electron chi connectivity index (χ3n) is 6.20. The molecule has 4 rings (SSSR count). The van der Waals surface area contributed by atoms with Gasteiger partial charge < -0.3 is 10.6 Å². The highest BCUT2D eigenvalue weighted by Crippen LogP contribution is 2.44. The maximum absolute atomic E-state index is 13.8. The fourth-order valence-corrected chi connectivity index (χ4v) is 4.22. The second kappa shape index (κ2) is 9.16. The highest BCUT2D eigenvalue weighted by Gasteiger charge is 2.47. The lowest BCUT2D eigenvalue weighted by molar-refractivity contribution is -0.173. The van der Waals surface area contributed by atoms with Crippen LogP contribution in [0.4, 0.5) is 19.0 Å². The van der Waals surface area contributed by atoms with Gasteiger partial charge in [0.05, 0.1) is 12.2 Å². The monoisotopic (exact) mass is 470 g/mol. The Morgan fingerprint density at radius 2 is 1.76 bits per heavy atom. The summed E-state index contributed by atoms with van der Waals surface area (Å²) in [5.41, 5.74) is 3.20. The molecule has 1 aliphatic rings. The van der Waals surface area contributed by atoms with Crippen LogP contribution in [0.2, 0.25) is 0 Å². The molecule has 1 aliphatic heterocycles. The summed E-state index contributed by atoms with van der Waals surface area (Å²) in [5.74, 6) is -0.357. The minimum atomic E-state index is -4.48. The maximum Gasteiger partial charge on any atom is 0.410 e. The topological polar surface area (TPSA) is 59.0 Å².